The molecule has 4 rings (SSSR count). The molecule has 1 N–H and O–H groups in total. The third-order valence-corrected chi connectivity index (χ3v) is 5.10. The van der Waals surface area contributed by atoms with Gasteiger partial charge in [-0.15, -0.1) is 0 Å². The number of nitrogens with one attached hydrogen (secondary N) is 1. The number of ether oxygens (including phenoxy) is 2. The van der Waals surface area contributed by atoms with E-state index in [1.54, 1.807) is 0 Å². The minimum Gasteiger partial charge on any atom is -0.494 e. The van der Waals surface area contributed by atoms with Crippen molar-refractivity contribution in [3.63, 3.8) is 0 Å². The van der Waals surface area contributed by atoms with Gasteiger partial charge in [-0.2, -0.15) is 0 Å². The summed E-state index contributed by atoms with van der Waals surface area (Å²) in [7, 11) is 0. The summed E-state index contributed by atoms with van der Waals surface area (Å²) < 4.78 is 11.7. The van der Waals surface area contributed by atoms with Crippen LogP contribution in [0.4, 0.5) is 0 Å². The summed E-state index contributed by atoms with van der Waals surface area (Å²) in [6.45, 7) is 4.44. The molecule has 0 fully saturated rings. The topological polar surface area (TPSA) is 30.5 Å². The maximum Gasteiger partial charge on any atom is 0.120 e. The first kappa shape index (κ1) is 18.6. The van der Waals surface area contributed by atoms with E-state index in [0.717, 1.165) is 37.5 Å². The largest absolute Gasteiger partial charge is 0.494 e. The molecule has 0 amide bonds. The van der Waals surface area contributed by atoms with Crippen LogP contribution in [-0.2, 0) is 13.0 Å². The maximum absolute atomic E-state index is 6.02. The van der Waals surface area contributed by atoms with E-state index >= 15 is 0 Å². The van der Waals surface area contributed by atoms with E-state index in [1.165, 1.54) is 22.3 Å². The van der Waals surface area contributed by atoms with E-state index in [-0.39, 0.29) is 6.04 Å². The second kappa shape index (κ2) is 8.94. The van der Waals surface area contributed by atoms with Crippen LogP contribution in [0.1, 0.15) is 41.6 Å². The first-order chi connectivity index (χ1) is 13.8. The van der Waals surface area contributed by atoms with Crippen molar-refractivity contribution in [2.45, 2.75) is 32.4 Å². The zero-order valence-corrected chi connectivity index (χ0v) is 16.4. The Morgan fingerprint density at radius 1 is 0.893 bits per heavy atom. The zero-order valence-electron chi connectivity index (χ0n) is 16.4. The van der Waals surface area contributed by atoms with Crippen molar-refractivity contribution in [2.24, 2.45) is 0 Å². The summed E-state index contributed by atoms with van der Waals surface area (Å²) in [5, 5.41) is 3.65. The third-order valence-electron chi connectivity index (χ3n) is 5.10. The molecule has 144 valence electrons. The van der Waals surface area contributed by atoms with Crippen LogP contribution in [0, 0.1) is 0 Å². The Kier molecular flexibility index (Phi) is 5.93. The Labute approximate surface area is 167 Å². The van der Waals surface area contributed by atoms with Gasteiger partial charge in [0.15, 0.2) is 0 Å². The number of benzene rings is 3. The molecular formula is C25H27NO2. The maximum atomic E-state index is 6.02. The Morgan fingerprint density at radius 2 is 1.68 bits per heavy atom. The summed E-state index contributed by atoms with van der Waals surface area (Å²) in [4.78, 5) is 0. The van der Waals surface area contributed by atoms with Crippen LogP contribution in [0.15, 0.2) is 72.8 Å². The highest BCUT2D eigenvalue weighted by molar-refractivity contribution is 5.44. The second-order valence-electron chi connectivity index (χ2n) is 7.19. The highest BCUT2D eigenvalue weighted by atomic mass is 16.5. The summed E-state index contributed by atoms with van der Waals surface area (Å²) in [5.74, 6) is 1.87. The van der Waals surface area contributed by atoms with Gasteiger partial charge in [0.05, 0.1) is 12.6 Å². The Morgan fingerprint density at radius 3 is 2.46 bits per heavy atom. The van der Waals surface area contributed by atoms with E-state index in [9.17, 15) is 0 Å². The molecule has 1 atom stereocenters. The fourth-order valence-corrected chi connectivity index (χ4v) is 3.65. The van der Waals surface area contributed by atoms with Crippen LogP contribution in [0.3, 0.4) is 0 Å². The molecule has 3 aromatic rings. The van der Waals surface area contributed by atoms with Crippen molar-refractivity contribution in [3.8, 4) is 11.5 Å². The summed E-state index contributed by atoms with van der Waals surface area (Å²) in [6, 6.07) is 25.5. The molecule has 0 saturated heterocycles. The van der Waals surface area contributed by atoms with Gasteiger partial charge in [0.25, 0.3) is 0 Å². The standard InChI is InChI=1S/C25H27NO2/c1-2-16-27-22-10-8-20(9-11-22)25-24-13-12-23(17-21(24)14-15-26-25)28-18-19-6-4-3-5-7-19/h3-13,17,25-26H,2,14-16,18H2,1H3. The quantitative estimate of drug-likeness (QED) is 0.610. The fourth-order valence-electron chi connectivity index (χ4n) is 3.65. The van der Waals surface area contributed by atoms with Crippen LogP contribution < -0.4 is 14.8 Å². The highest BCUT2D eigenvalue weighted by Crippen LogP contribution is 2.32. The normalized spacial score (nSPS) is 15.7. The molecule has 1 aliphatic rings. The van der Waals surface area contributed by atoms with Crippen LogP contribution in [0.5, 0.6) is 11.5 Å². The SMILES string of the molecule is CCCOc1ccc(C2NCCc3cc(OCc4ccccc4)ccc32)cc1. The lowest BCUT2D eigenvalue weighted by molar-refractivity contribution is 0.305. The number of hydrogen-bond acceptors (Lipinski definition) is 3. The molecule has 3 aromatic carbocycles. The van der Waals surface area contributed by atoms with Crippen molar-refractivity contribution in [1.82, 2.24) is 5.32 Å². The highest BCUT2D eigenvalue weighted by Gasteiger charge is 2.21. The molecule has 0 radical (unpaired) electrons. The molecule has 0 bridgehead atoms. The zero-order chi connectivity index (χ0) is 19.2. The molecular weight excluding hydrogens is 346 g/mol. The van der Waals surface area contributed by atoms with Gasteiger partial charge in [-0.05, 0) is 59.4 Å². The molecule has 0 spiro atoms. The van der Waals surface area contributed by atoms with Gasteiger partial charge in [-0.1, -0.05) is 55.5 Å². The fraction of sp³-hybridized carbons (Fsp3) is 0.280. The van der Waals surface area contributed by atoms with E-state index < -0.39 is 0 Å². The van der Waals surface area contributed by atoms with Gasteiger partial charge in [-0.3, -0.25) is 0 Å². The molecule has 3 heteroatoms. The van der Waals surface area contributed by atoms with Crippen molar-refractivity contribution in [3.05, 3.63) is 95.1 Å². The molecule has 0 saturated carbocycles. The molecule has 28 heavy (non-hydrogen) atoms. The Bertz CT molecular complexity index is 890. The van der Waals surface area contributed by atoms with Crippen LogP contribution in [0.25, 0.3) is 0 Å². The molecule has 3 nitrogen and oxygen atoms in total. The average molecular weight is 373 g/mol. The molecule has 0 aromatic heterocycles. The number of rotatable bonds is 7. The predicted molar refractivity (Wildman–Crippen MR) is 113 cm³/mol. The van der Waals surface area contributed by atoms with Gasteiger partial charge >= 0.3 is 0 Å². The Hall–Kier alpha value is -2.78. The van der Waals surface area contributed by atoms with Gasteiger partial charge in [0.2, 0.25) is 0 Å². The predicted octanol–water partition coefficient (Wildman–Crippen LogP) is 5.29. The van der Waals surface area contributed by atoms with Crippen molar-refractivity contribution in [1.29, 1.82) is 0 Å². The molecule has 1 heterocycles. The molecule has 1 aliphatic heterocycles. The number of fused-ring (bicyclic) bond motifs is 1. The minimum absolute atomic E-state index is 0.215. The number of hydrogen-bond donors (Lipinski definition) is 1. The second-order valence-corrected chi connectivity index (χ2v) is 7.19. The van der Waals surface area contributed by atoms with Crippen LogP contribution >= 0.6 is 0 Å². The lowest BCUT2D eigenvalue weighted by Crippen LogP contribution is -2.30. The minimum atomic E-state index is 0.215. The van der Waals surface area contributed by atoms with E-state index in [1.807, 2.05) is 18.2 Å². The first-order valence-electron chi connectivity index (χ1n) is 10.1. The first-order valence-corrected chi connectivity index (χ1v) is 10.1. The van der Waals surface area contributed by atoms with Crippen LogP contribution in [-0.4, -0.2) is 13.2 Å². The van der Waals surface area contributed by atoms with Crippen molar-refractivity contribution >= 4 is 0 Å². The van der Waals surface area contributed by atoms with Gasteiger partial charge in [-0.25, -0.2) is 0 Å². The van der Waals surface area contributed by atoms with E-state index in [2.05, 4.69) is 66.8 Å². The van der Waals surface area contributed by atoms with Gasteiger partial charge in [0, 0.05) is 6.54 Å². The molecule has 1 unspecified atom stereocenters. The van der Waals surface area contributed by atoms with Crippen molar-refractivity contribution in [2.75, 3.05) is 13.2 Å². The smallest absolute Gasteiger partial charge is 0.120 e. The Balaban J connectivity index is 1.48. The van der Waals surface area contributed by atoms with E-state index in [0.29, 0.717) is 6.61 Å². The summed E-state index contributed by atoms with van der Waals surface area (Å²) in [6.07, 6.45) is 2.04. The van der Waals surface area contributed by atoms with Gasteiger partial charge < -0.3 is 14.8 Å². The van der Waals surface area contributed by atoms with E-state index in [4.69, 9.17) is 9.47 Å². The lowest BCUT2D eigenvalue weighted by Gasteiger charge is -2.28. The third kappa shape index (κ3) is 4.37. The molecule has 0 aliphatic carbocycles. The van der Waals surface area contributed by atoms with Gasteiger partial charge in [0.1, 0.15) is 18.1 Å². The summed E-state index contributed by atoms with van der Waals surface area (Å²) >= 11 is 0. The van der Waals surface area contributed by atoms with Crippen LogP contribution in [0.2, 0.25) is 0 Å². The van der Waals surface area contributed by atoms with Crippen molar-refractivity contribution < 1.29 is 9.47 Å². The lowest BCUT2D eigenvalue weighted by atomic mass is 9.89. The monoisotopic (exact) mass is 373 g/mol. The average Bonchev–Trinajstić information content (AvgIpc) is 2.77. The summed E-state index contributed by atoms with van der Waals surface area (Å²) in [5.41, 5.74) is 5.15.